The largest absolute Gasteiger partial charge is 0.462 e. The summed E-state index contributed by atoms with van der Waals surface area (Å²) in [4.78, 5) is 38.4. The molecule has 1 unspecified atom stereocenters. The molecule has 0 heterocycles. The first-order valence-corrected chi connectivity index (χ1v) is 36.3. The minimum atomic E-state index is -0.779. The quantitative estimate of drug-likeness (QED) is 0.0261. The lowest BCUT2D eigenvalue weighted by Gasteiger charge is -2.18. The number of carbonyl (C=O) groups excluding carboxylic acids is 3. The van der Waals surface area contributed by atoms with Crippen molar-refractivity contribution in [2.75, 3.05) is 13.2 Å². The average Bonchev–Trinajstić information content (AvgIpc) is 3.47. The molecule has 6 nitrogen and oxygen atoms in total. The molecule has 0 aliphatic carbocycles. The second-order valence-corrected chi connectivity index (χ2v) is 24.5. The van der Waals surface area contributed by atoms with Crippen molar-refractivity contribution in [3.8, 4) is 0 Å². The molecule has 0 spiro atoms. The van der Waals surface area contributed by atoms with Crippen LogP contribution in [0.4, 0.5) is 0 Å². The summed E-state index contributed by atoms with van der Waals surface area (Å²) >= 11 is 0. The van der Waals surface area contributed by atoms with Gasteiger partial charge in [-0.2, -0.15) is 0 Å². The van der Waals surface area contributed by atoms with Gasteiger partial charge in [-0.15, -0.1) is 0 Å². The number of unbranched alkanes of at least 4 members (excludes halogenated alkanes) is 46. The zero-order chi connectivity index (χ0) is 59.2. The molecule has 0 N–H and O–H groups in total. The summed E-state index contributed by atoms with van der Waals surface area (Å²) in [6.07, 6.45) is 91.2. The number of ether oxygens (including phenoxy) is 3. The van der Waals surface area contributed by atoms with E-state index in [1.165, 1.54) is 250 Å². The van der Waals surface area contributed by atoms with E-state index in [0.717, 1.165) is 96.3 Å². The van der Waals surface area contributed by atoms with Crippen LogP contribution in [0.15, 0.2) is 60.8 Å². The fraction of sp³-hybridized carbons (Fsp3) is 0.829. The minimum Gasteiger partial charge on any atom is -0.462 e. The lowest BCUT2D eigenvalue weighted by molar-refractivity contribution is -0.167. The van der Waals surface area contributed by atoms with Crippen LogP contribution in [0.2, 0.25) is 0 Å². The van der Waals surface area contributed by atoms with Crippen molar-refractivity contribution >= 4 is 17.9 Å². The van der Waals surface area contributed by atoms with E-state index in [9.17, 15) is 14.4 Å². The second-order valence-electron chi connectivity index (χ2n) is 24.5. The van der Waals surface area contributed by atoms with Gasteiger partial charge in [0.25, 0.3) is 0 Å². The number of hydrogen-bond donors (Lipinski definition) is 0. The van der Waals surface area contributed by atoms with Crippen LogP contribution >= 0.6 is 0 Å². The Labute approximate surface area is 510 Å². The van der Waals surface area contributed by atoms with Gasteiger partial charge in [-0.05, 0) is 89.9 Å². The minimum absolute atomic E-state index is 0.0744. The Hall–Kier alpha value is -2.89. The molecule has 0 radical (unpaired) electrons. The molecule has 0 bridgehead atoms. The Morgan fingerprint density at radius 2 is 0.439 bits per heavy atom. The molecule has 6 heteroatoms. The van der Waals surface area contributed by atoms with E-state index in [-0.39, 0.29) is 31.1 Å². The molecular formula is C76H138O6. The highest BCUT2D eigenvalue weighted by Crippen LogP contribution is 2.18. The van der Waals surface area contributed by atoms with Crippen LogP contribution < -0.4 is 0 Å². The first-order chi connectivity index (χ1) is 40.5. The molecule has 0 saturated carbocycles. The Morgan fingerprint density at radius 1 is 0.244 bits per heavy atom. The number of hydrogen-bond acceptors (Lipinski definition) is 6. The SMILES string of the molecule is CCCCCC/C=C\C/C=C\CCCCCCCC(=O)OC(COC(=O)CCCCCCCCCCCCCCCCC)COC(=O)CCCCCCCCCCCCCCCCCCCC/C=C\C/C=C\C/C=C\CCCCCCC. The van der Waals surface area contributed by atoms with Gasteiger partial charge in [0.15, 0.2) is 6.10 Å². The van der Waals surface area contributed by atoms with E-state index in [4.69, 9.17) is 14.2 Å². The van der Waals surface area contributed by atoms with Gasteiger partial charge >= 0.3 is 17.9 Å². The summed E-state index contributed by atoms with van der Waals surface area (Å²) in [5, 5.41) is 0. The monoisotopic (exact) mass is 1150 g/mol. The highest BCUT2D eigenvalue weighted by molar-refractivity contribution is 5.71. The third-order valence-electron chi connectivity index (χ3n) is 16.2. The van der Waals surface area contributed by atoms with Crippen molar-refractivity contribution in [2.24, 2.45) is 0 Å². The molecule has 0 amide bonds. The maximum atomic E-state index is 12.9. The lowest BCUT2D eigenvalue weighted by atomic mass is 10.0. The summed E-state index contributed by atoms with van der Waals surface area (Å²) in [6, 6.07) is 0. The van der Waals surface area contributed by atoms with Gasteiger partial charge in [0, 0.05) is 19.3 Å². The van der Waals surface area contributed by atoms with Crippen LogP contribution in [0.1, 0.15) is 387 Å². The summed E-state index contributed by atoms with van der Waals surface area (Å²) in [5.74, 6) is -0.863. The first-order valence-electron chi connectivity index (χ1n) is 36.3. The topological polar surface area (TPSA) is 78.9 Å². The van der Waals surface area contributed by atoms with Gasteiger partial charge in [0.05, 0.1) is 0 Å². The highest BCUT2D eigenvalue weighted by atomic mass is 16.6. The Kier molecular flexibility index (Phi) is 68.1. The van der Waals surface area contributed by atoms with Crippen LogP contribution in [0.25, 0.3) is 0 Å². The Balaban J connectivity index is 4.16. The fourth-order valence-corrected chi connectivity index (χ4v) is 10.8. The molecule has 0 fully saturated rings. The fourth-order valence-electron chi connectivity index (χ4n) is 10.8. The smallest absolute Gasteiger partial charge is 0.306 e. The summed E-state index contributed by atoms with van der Waals surface area (Å²) in [5.41, 5.74) is 0. The number of rotatable bonds is 67. The Morgan fingerprint density at radius 3 is 0.695 bits per heavy atom. The van der Waals surface area contributed by atoms with Crippen molar-refractivity contribution in [3.63, 3.8) is 0 Å². The molecular weight excluding hydrogens is 1010 g/mol. The van der Waals surface area contributed by atoms with Crippen LogP contribution in [-0.2, 0) is 28.6 Å². The van der Waals surface area contributed by atoms with Gasteiger partial charge in [-0.25, -0.2) is 0 Å². The molecule has 1 atom stereocenters. The molecule has 0 saturated heterocycles. The molecule has 0 aromatic rings. The summed E-state index contributed by atoms with van der Waals surface area (Å²) < 4.78 is 17.0. The van der Waals surface area contributed by atoms with Crippen molar-refractivity contribution in [2.45, 2.75) is 393 Å². The van der Waals surface area contributed by atoms with Gasteiger partial charge in [0.2, 0.25) is 0 Å². The van der Waals surface area contributed by atoms with E-state index in [2.05, 4.69) is 81.5 Å². The van der Waals surface area contributed by atoms with Gasteiger partial charge in [-0.3, -0.25) is 14.4 Å². The molecule has 0 rings (SSSR count). The first kappa shape index (κ1) is 79.1. The molecule has 0 aromatic carbocycles. The molecule has 0 aromatic heterocycles. The van der Waals surface area contributed by atoms with Crippen LogP contribution in [-0.4, -0.2) is 37.2 Å². The molecule has 82 heavy (non-hydrogen) atoms. The predicted molar refractivity (Wildman–Crippen MR) is 358 cm³/mol. The van der Waals surface area contributed by atoms with E-state index >= 15 is 0 Å². The highest BCUT2D eigenvalue weighted by Gasteiger charge is 2.19. The average molecular weight is 1150 g/mol. The molecule has 478 valence electrons. The predicted octanol–water partition coefficient (Wildman–Crippen LogP) is 25.1. The van der Waals surface area contributed by atoms with Gasteiger partial charge in [0.1, 0.15) is 13.2 Å². The van der Waals surface area contributed by atoms with Crippen LogP contribution in [0, 0.1) is 0 Å². The standard InChI is InChI=1S/C76H138O6/c1-4-7-10-13-16-19-22-25-28-30-31-32-33-34-35-36-37-38-39-40-41-42-43-44-45-46-49-51-54-57-60-63-66-69-75(78)81-72-73(71-80-74(77)68-65-62-59-56-53-50-47-27-24-21-18-15-12-9-6-3)82-76(79)70-67-64-61-58-55-52-48-29-26-23-20-17-14-11-8-5-2/h20,22-23,25,29-31,33-34,48,73H,4-19,21,24,26-28,32,35-47,49-72H2,1-3H3/b23-20-,25-22-,31-30-,34-33-,48-29-. The zero-order valence-electron chi connectivity index (χ0n) is 55.0. The zero-order valence-corrected chi connectivity index (χ0v) is 55.0. The number of carbonyl (C=O) groups is 3. The third kappa shape index (κ3) is 67.9. The van der Waals surface area contributed by atoms with Crippen molar-refractivity contribution in [1.29, 1.82) is 0 Å². The van der Waals surface area contributed by atoms with Crippen molar-refractivity contribution < 1.29 is 28.6 Å². The normalized spacial score (nSPS) is 12.4. The third-order valence-corrected chi connectivity index (χ3v) is 16.2. The van der Waals surface area contributed by atoms with Crippen molar-refractivity contribution in [1.82, 2.24) is 0 Å². The molecule has 0 aliphatic rings. The van der Waals surface area contributed by atoms with E-state index in [0.29, 0.717) is 19.3 Å². The van der Waals surface area contributed by atoms with E-state index in [1.54, 1.807) is 0 Å². The number of allylic oxidation sites excluding steroid dienone is 10. The summed E-state index contributed by atoms with van der Waals surface area (Å²) in [6.45, 7) is 6.66. The van der Waals surface area contributed by atoms with E-state index < -0.39 is 6.10 Å². The van der Waals surface area contributed by atoms with Crippen LogP contribution in [0.3, 0.4) is 0 Å². The van der Waals surface area contributed by atoms with E-state index in [1.807, 2.05) is 0 Å². The van der Waals surface area contributed by atoms with Crippen molar-refractivity contribution in [3.05, 3.63) is 60.8 Å². The second kappa shape index (κ2) is 70.6. The Bertz CT molecular complexity index is 1460. The molecule has 0 aliphatic heterocycles. The van der Waals surface area contributed by atoms with Gasteiger partial charge < -0.3 is 14.2 Å². The lowest BCUT2D eigenvalue weighted by Crippen LogP contribution is -2.30. The maximum absolute atomic E-state index is 12.9. The van der Waals surface area contributed by atoms with Gasteiger partial charge in [-0.1, -0.05) is 338 Å². The summed E-state index contributed by atoms with van der Waals surface area (Å²) in [7, 11) is 0. The maximum Gasteiger partial charge on any atom is 0.306 e. The number of esters is 3. The van der Waals surface area contributed by atoms with Crippen LogP contribution in [0.5, 0.6) is 0 Å².